The van der Waals surface area contributed by atoms with Gasteiger partial charge in [-0.3, -0.25) is 4.79 Å². The Bertz CT molecular complexity index is 662. The molecule has 0 aliphatic rings. The number of anilines is 1. The van der Waals surface area contributed by atoms with Crippen molar-refractivity contribution in [2.24, 2.45) is 0 Å². The van der Waals surface area contributed by atoms with E-state index in [4.69, 9.17) is 5.11 Å². The van der Waals surface area contributed by atoms with Crippen molar-refractivity contribution in [3.63, 3.8) is 0 Å². The fraction of sp³-hybridized carbons (Fsp3) is 0.250. The first-order valence-electron chi connectivity index (χ1n) is 6.64. The third-order valence-electron chi connectivity index (χ3n) is 3.25. The predicted octanol–water partition coefficient (Wildman–Crippen LogP) is 3.63. The maximum atomic E-state index is 12.0. The smallest absolute Gasteiger partial charge is 0.336 e. The van der Waals surface area contributed by atoms with Gasteiger partial charge in [-0.2, -0.15) is 0 Å². The molecular weight excluding hydrogens is 286 g/mol. The number of benzene rings is 1. The van der Waals surface area contributed by atoms with E-state index in [1.165, 1.54) is 6.07 Å². The minimum absolute atomic E-state index is 0.105. The van der Waals surface area contributed by atoms with Gasteiger partial charge in [0.2, 0.25) is 5.91 Å². The number of nitrogens with one attached hydrogen (secondary N) is 1. The van der Waals surface area contributed by atoms with E-state index in [1.807, 2.05) is 24.4 Å². The number of aryl methyl sites for hydroxylation is 3. The van der Waals surface area contributed by atoms with Gasteiger partial charge < -0.3 is 10.4 Å². The molecule has 0 fully saturated rings. The molecule has 110 valence electrons. The first kappa shape index (κ1) is 15.3. The average Bonchev–Trinajstić information content (AvgIpc) is 2.92. The van der Waals surface area contributed by atoms with Gasteiger partial charge in [0, 0.05) is 17.0 Å². The van der Waals surface area contributed by atoms with Crippen LogP contribution in [0, 0.1) is 13.8 Å². The van der Waals surface area contributed by atoms with E-state index in [9.17, 15) is 9.59 Å². The fourth-order valence-electron chi connectivity index (χ4n) is 2.12. The quantitative estimate of drug-likeness (QED) is 0.886. The Morgan fingerprint density at radius 2 is 2.00 bits per heavy atom. The summed E-state index contributed by atoms with van der Waals surface area (Å²) in [5.74, 6) is -1.09. The predicted molar refractivity (Wildman–Crippen MR) is 84.1 cm³/mol. The molecule has 0 saturated carbocycles. The van der Waals surface area contributed by atoms with Crippen LogP contribution >= 0.6 is 11.3 Å². The largest absolute Gasteiger partial charge is 0.478 e. The van der Waals surface area contributed by atoms with Gasteiger partial charge in [0.05, 0.1) is 5.56 Å². The molecule has 2 aromatic rings. The number of hydrogen-bond acceptors (Lipinski definition) is 3. The molecule has 0 bridgehead atoms. The van der Waals surface area contributed by atoms with E-state index in [2.05, 4.69) is 5.32 Å². The first-order chi connectivity index (χ1) is 9.97. The molecule has 2 N–H and O–H groups in total. The Labute approximate surface area is 127 Å². The van der Waals surface area contributed by atoms with Gasteiger partial charge in [-0.15, -0.1) is 11.3 Å². The van der Waals surface area contributed by atoms with Gasteiger partial charge in [0.25, 0.3) is 0 Å². The van der Waals surface area contributed by atoms with Gasteiger partial charge in [-0.05, 0) is 48.9 Å². The number of thiophene rings is 1. The van der Waals surface area contributed by atoms with Gasteiger partial charge >= 0.3 is 5.97 Å². The summed E-state index contributed by atoms with van der Waals surface area (Å²) in [6, 6.07) is 7.26. The topological polar surface area (TPSA) is 66.4 Å². The highest BCUT2D eigenvalue weighted by molar-refractivity contribution is 7.09. The lowest BCUT2D eigenvalue weighted by Gasteiger charge is -2.11. The second-order valence-corrected chi connectivity index (χ2v) is 5.95. The molecule has 0 radical (unpaired) electrons. The molecule has 1 amide bonds. The van der Waals surface area contributed by atoms with Crippen molar-refractivity contribution in [1.82, 2.24) is 0 Å². The molecule has 21 heavy (non-hydrogen) atoms. The number of carboxylic acids is 1. The van der Waals surface area contributed by atoms with E-state index < -0.39 is 5.97 Å². The second-order valence-electron chi connectivity index (χ2n) is 4.91. The van der Waals surface area contributed by atoms with Crippen molar-refractivity contribution in [2.75, 3.05) is 5.32 Å². The summed E-state index contributed by atoms with van der Waals surface area (Å²) < 4.78 is 0. The van der Waals surface area contributed by atoms with E-state index in [0.717, 1.165) is 10.4 Å². The molecule has 0 aliphatic heterocycles. The van der Waals surface area contributed by atoms with E-state index in [0.29, 0.717) is 24.1 Å². The zero-order valence-electron chi connectivity index (χ0n) is 12.0. The number of carbonyl (C=O) groups excluding carboxylic acids is 1. The van der Waals surface area contributed by atoms with Crippen LogP contribution in [0.5, 0.6) is 0 Å². The third-order valence-corrected chi connectivity index (χ3v) is 4.19. The Hall–Kier alpha value is -2.14. The fourth-order valence-corrected chi connectivity index (χ4v) is 2.83. The van der Waals surface area contributed by atoms with Crippen molar-refractivity contribution in [2.45, 2.75) is 26.7 Å². The van der Waals surface area contributed by atoms with Crippen LogP contribution in [0.15, 0.2) is 29.6 Å². The lowest BCUT2D eigenvalue weighted by atomic mass is 10.0. The van der Waals surface area contributed by atoms with Crippen LogP contribution in [0.3, 0.4) is 0 Å². The maximum absolute atomic E-state index is 12.0. The number of rotatable bonds is 5. The lowest BCUT2D eigenvalue weighted by Crippen LogP contribution is -2.14. The second kappa shape index (κ2) is 6.54. The van der Waals surface area contributed by atoms with Crippen LogP contribution in [0.4, 0.5) is 5.69 Å². The van der Waals surface area contributed by atoms with Crippen molar-refractivity contribution >= 4 is 28.9 Å². The lowest BCUT2D eigenvalue weighted by molar-refractivity contribution is -0.116. The Balaban J connectivity index is 2.06. The highest BCUT2D eigenvalue weighted by atomic mass is 32.1. The summed E-state index contributed by atoms with van der Waals surface area (Å²) in [5.41, 5.74) is 2.34. The molecule has 1 heterocycles. The molecule has 5 heteroatoms. The molecule has 0 atom stereocenters. The average molecular weight is 303 g/mol. The van der Waals surface area contributed by atoms with Gasteiger partial charge in [0.15, 0.2) is 0 Å². The summed E-state index contributed by atoms with van der Waals surface area (Å²) >= 11 is 1.62. The summed E-state index contributed by atoms with van der Waals surface area (Å²) in [5, 5.41) is 13.9. The maximum Gasteiger partial charge on any atom is 0.336 e. The van der Waals surface area contributed by atoms with Crippen LogP contribution in [0.1, 0.15) is 32.8 Å². The number of aromatic carboxylic acids is 1. The highest BCUT2D eigenvalue weighted by Crippen LogP contribution is 2.21. The van der Waals surface area contributed by atoms with Crippen molar-refractivity contribution in [3.05, 3.63) is 51.2 Å². The number of carbonyl (C=O) groups is 2. The molecular formula is C16H17NO3S. The van der Waals surface area contributed by atoms with Gasteiger partial charge in [0.1, 0.15) is 0 Å². The Morgan fingerprint density at radius 3 is 2.62 bits per heavy atom. The molecule has 1 aromatic heterocycles. The molecule has 0 saturated heterocycles. The van der Waals surface area contributed by atoms with Gasteiger partial charge in [-0.1, -0.05) is 12.1 Å². The zero-order chi connectivity index (χ0) is 15.4. The first-order valence-corrected chi connectivity index (χ1v) is 7.52. The third kappa shape index (κ3) is 3.92. The summed E-state index contributed by atoms with van der Waals surface area (Å²) in [7, 11) is 0. The summed E-state index contributed by atoms with van der Waals surface area (Å²) in [6.45, 7) is 3.60. The molecule has 0 unspecified atom stereocenters. The van der Waals surface area contributed by atoms with Crippen LogP contribution in [0.2, 0.25) is 0 Å². The zero-order valence-corrected chi connectivity index (χ0v) is 12.8. The monoisotopic (exact) mass is 303 g/mol. The van der Waals surface area contributed by atoms with Gasteiger partial charge in [-0.25, -0.2) is 4.79 Å². The minimum atomic E-state index is -0.985. The van der Waals surface area contributed by atoms with Crippen molar-refractivity contribution in [3.8, 4) is 0 Å². The molecule has 2 rings (SSSR count). The van der Waals surface area contributed by atoms with E-state index >= 15 is 0 Å². The normalized spacial score (nSPS) is 10.4. The van der Waals surface area contributed by atoms with Crippen LogP contribution < -0.4 is 5.32 Å². The van der Waals surface area contributed by atoms with Crippen LogP contribution in [0.25, 0.3) is 0 Å². The Morgan fingerprint density at radius 1 is 1.24 bits per heavy atom. The molecule has 1 aromatic carbocycles. The van der Waals surface area contributed by atoms with Crippen LogP contribution in [-0.2, 0) is 11.2 Å². The molecule has 0 aliphatic carbocycles. The van der Waals surface area contributed by atoms with Crippen molar-refractivity contribution in [1.29, 1.82) is 0 Å². The molecule has 0 spiro atoms. The number of carboxylic acid groups (broad SMARTS) is 1. The van der Waals surface area contributed by atoms with E-state index in [-0.39, 0.29) is 11.5 Å². The Kier molecular flexibility index (Phi) is 4.75. The van der Waals surface area contributed by atoms with E-state index in [1.54, 1.807) is 24.3 Å². The summed E-state index contributed by atoms with van der Waals surface area (Å²) in [6.07, 6.45) is 1.08. The number of amides is 1. The summed E-state index contributed by atoms with van der Waals surface area (Å²) in [4.78, 5) is 24.3. The highest BCUT2D eigenvalue weighted by Gasteiger charge is 2.12. The molecule has 4 nitrogen and oxygen atoms in total. The van der Waals surface area contributed by atoms with Crippen LogP contribution in [-0.4, -0.2) is 17.0 Å². The number of hydrogen-bond donors (Lipinski definition) is 2. The van der Waals surface area contributed by atoms with Crippen molar-refractivity contribution < 1.29 is 14.7 Å². The minimum Gasteiger partial charge on any atom is -0.478 e. The standard InChI is InChI=1S/C16H17NO3S/c1-10-8-11(2)14(9-13(10)16(19)20)17-15(18)6-5-12-4-3-7-21-12/h3-4,7-9H,5-6H2,1-2H3,(H,17,18)(H,19,20). The SMILES string of the molecule is Cc1cc(C)c(C(=O)O)cc1NC(=O)CCc1cccs1.